The molecule has 1 aromatic rings. The second-order valence-corrected chi connectivity index (χ2v) is 6.27. The number of nitrogens with zero attached hydrogens (tertiary/aromatic N) is 3. The van der Waals surface area contributed by atoms with Crippen LogP contribution in [-0.4, -0.2) is 65.3 Å². The number of hydrogen-bond acceptors (Lipinski definition) is 6. The summed E-state index contributed by atoms with van der Waals surface area (Å²) in [6, 6.07) is -1.09. The first-order valence-electron chi connectivity index (χ1n) is 5.95. The molecule has 1 fully saturated rings. The number of ether oxygens (including phenoxy) is 1. The van der Waals surface area contributed by atoms with E-state index in [1.54, 1.807) is 0 Å². The highest BCUT2D eigenvalue weighted by Crippen LogP contribution is 2.20. The number of carbonyl (C=O) groups is 2. The number of primary amides is 1. The van der Waals surface area contributed by atoms with Crippen LogP contribution in [0.1, 0.15) is 0 Å². The number of sulfonamides is 1. The van der Waals surface area contributed by atoms with E-state index in [2.05, 4.69) is 5.10 Å². The van der Waals surface area contributed by atoms with Gasteiger partial charge in [0.05, 0.1) is 19.4 Å². The van der Waals surface area contributed by atoms with Crippen LogP contribution in [0.3, 0.4) is 0 Å². The van der Waals surface area contributed by atoms with Crippen molar-refractivity contribution < 1.29 is 27.9 Å². The van der Waals surface area contributed by atoms with E-state index in [0.29, 0.717) is 0 Å². The van der Waals surface area contributed by atoms with Gasteiger partial charge in [0.1, 0.15) is 17.5 Å². The number of aromatic nitrogens is 2. The van der Waals surface area contributed by atoms with Crippen LogP contribution < -0.4 is 5.73 Å². The topological polar surface area (TPSA) is 145 Å². The molecule has 1 aliphatic heterocycles. The summed E-state index contributed by atoms with van der Waals surface area (Å²) in [6.07, 6.45) is 2.13. The fourth-order valence-electron chi connectivity index (χ4n) is 1.94. The SMILES string of the molecule is NC(=O)C1COCCN1S(=O)(=O)c1cnn(CC(=O)O)c1. The Morgan fingerprint density at radius 1 is 1.52 bits per heavy atom. The average molecular weight is 318 g/mol. The first kappa shape index (κ1) is 15.4. The number of aliphatic carboxylic acids is 1. The minimum absolute atomic E-state index is 0.0138. The van der Waals surface area contributed by atoms with E-state index in [4.69, 9.17) is 15.6 Å². The van der Waals surface area contributed by atoms with Crippen LogP contribution in [0.25, 0.3) is 0 Å². The summed E-state index contributed by atoms with van der Waals surface area (Å²) in [5.41, 5.74) is 5.18. The highest BCUT2D eigenvalue weighted by Gasteiger charge is 2.37. The molecule has 3 N–H and O–H groups in total. The first-order valence-corrected chi connectivity index (χ1v) is 7.39. The van der Waals surface area contributed by atoms with Crippen molar-refractivity contribution in [1.29, 1.82) is 0 Å². The standard InChI is InChI=1S/C10H14N4O6S/c11-10(17)8-6-20-2-1-14(8)21(18,19)7-3-12-13(4-7)5-9(15)16/h3-4,8H,1-2,5-6H2,(H2,11,17)(H,15,16). The van der Waals surface area contributed by atoms with Gasteiger partial charge >= 0.3 is 5.97 Å². The molecule has 21 heavy (non-hydrogen) atoms. The molecule has 1 atom stereocenters. The molecular formula is C10H14N4O6S. The minimum Gasteiger partial charge on any atom is -0.480 e. The second kappa shape index (κ2) is 5.79. The third kappa shape index (κ3) is 3.20. The monoisotopic (exact) mass is 318 g/mol. The lowest BCUT2D eigenvalue weighted by Gasteiger charge is -2.31. The quantitative estimate of drug-likeness (QED) is 0.629. The Morgan fingerprint density at radius 2 is 2.24 bits per heavy atom. The van der Waals surface area contributed by atoms with Gasteiger partial charge in [-0.05, 0) is 0 Å². The number of amides is 1. The summed E-state index contributed by atoms with van der Waals surface area (Å²) in [5.74, 6) is -1.96. The maximum Gasteiger partial charge on any atom is 0.325 e. The Kier molecular flexibility index (Phi) is 4.25. The fraction of sp³-hybridized carbons (Fsp3) is 0.500. The third-order valence-electron chi connectivity index (χ3n) is 2.92. The Hall–Kier alpha value is -1.98. The zero-order valence-corrected chi connectivity index (χ0v) is 11.7. The van der Waals surface area contributed by atoms with Gasteiger partial charge in [-0.25, -0.2) is 8.42 Å². The number of carboxylic acid groups (broad SMARTS) is 1. The van der Waals surface area contributed by atoms with Crippen LogP contribution in [-0.2, 0) is 30.9 Å². The van der Waals surface area contributed by atoms with Crippen molar-refractivity contribution >= 4 is 21.9 Å². The molecule has 11 heteroatoms. The Labute approximate surface area is 120 Å². The largest absolute Gasteiger partial charge is 0.480 e. The lowest BCUT2D eigenvalue weighted by Crippen LogP contribution is -2.54. The van der Waals surface area contributed by atoms with E-state index >= 15 is 0 Å². The summed E-state index contributed by atoms with van der Waals surface area (Å²) in [6.45, 7) is -0.442. The molecule has 10 nitrogen and oxygen atoms in total. The maximum absolute atomic E-state index is 12.5. The van der Waals surface area contributed by atoms with Gasteiger partial charge in [-0.3, -0.25) is 14.3 Å². The number of hydrogen-bond donors (Lipinski definition) is 2. The van der Waals surface area contributed by atoms with Gasteiger partial charge in [0.25, 0.3) is 0 Å². The first-order chi connectivity index (χ1) is 9.82. The fourth-order valence-corrected chi connectivity index (χ4v) is 3.46. The summed E-state index contributed by atoms with van der Waals surface area (Å²) in [4.78, 5) is 21.7. The lowest BCUT2D eigenvalue weighted by molar-refractivity contribution is -0.137. The van der Waals surface area contributed by atoms with Crippen LogP contribution in [0.15, 0.2) is 17.3 Å². The molecule has 2 rings (SSSR count). The molecule has 1 unspecified atom stereocenters. The molecule has 1 amide bonds. The van der Waals surface area contributed by atoms with Gasteiger partial charge in [0.2, 0.25) is 15.9 Å². The predicted molar refractivity (Wildman–Crippen MR) is 67.6 cm³/mol. The number of carboxylic acids is 1. The molecule has 0 aromatic carbocycles. The molecule has 1 aromatic heterocycles. The molecule has 0 bridgehead atoms. The highest BCUT2D eigenvalue weighted by atomic mass is 32.2. The van der Waals surface area contributed by atoms with Crippen molar-refractivity contribution in [1.82, 2.24) is 14.1 Å². The zero-order valence-electron chi connectivity index (χ0n) is 10.9. The van der Waals surface area contributed by atoms with Crippen molar-refractivity contribution in [2.45, 2.75) is 17.5 Å². The van der Waals surface area contributed by atoms with E-state index in [9.17, 15) is 18.0 Å². The van der Waals surface area contributed by atoms with Gasteiger partial charge in [-0.1, -0.05) is 0 Å². The average Bonchev–Trinajstić information content (AvgIpc) is 2.87. The lowest BCUT2D eigenvalue weighted by atomic mass is 10.3. The van der Waals surface area contributed by atoms with Crippen molar-refractivity contribution in [3.8, 4) is 0 Å². The molecule has 0 saturated carbocycles. The van der Waals surface area contributed by atoms with E-state index in [1.807, 2.05) is 0 Å². The molecule has 2 heterocycles. The smallest absolute Gasteiger partial charge is 0.325 e. The summed E-state index contributed by atoms with van der Waals surface area (Å²) in [7, 11) is -3.99. The number of carbonyl (C=O) groups excluding carboxylic acids is 1. The van der Waals surface area contributed by atoms with Crippen LogP contribution in [0, 0.1) is 0 Å². The molecule has 0 radical (unpaired) electrons. The van der Waals surface area contributed by atoms with Gasteiger partial charge in [0, 0.05) is 12.7 Å². The van der Waals surface area contributed by atoms with Crippen molar-refractivity contribution in [2.75, 3.05) is 19.8 Å². The molecule has 0 spiro atoms. The molecule has 116 valence electrons. The zero-order chi connectivity index (χ0) is 15.6. The molecular weight excluding hydrogens is 304 g/mol. The van der Waals surface area contributed by atoms with Crippen LogP contribution in [0.2, 0.25) is 0 Å². The molecule has 1 saturated heterocycles. The van der Waals surface area contributed by atoms with Gasteiger partial charge in [-0.15, -0.1) is 0 Å². The number of rotatable bonds is 5. The maximum atomic E-state index is 12.5. The van der Waals surface area contributed by atoms with Crippen LogP contribution >= 0.6 is 0 Å². The van der Waals surface area contributed by atoms with Gasteiger partial charge in [-0.2, -0.15) is 9.40 Å². The Bertz CT molecular complexity index is 654. The summed E-state index contributed by atoms with van der Waals surface area (Å²) < 4.78 is 31.9. The molecule has 0 aliphatic carbocycles. The number of morpholine rings is 1. The summed E-state index contributed by atoms with van der Waals surface area (Å²) in [5, 5.41) is 12.3. The normalized spacial score (nSPS) is 20.3. The van der Waals surface area contributed by atoms with E-state index < -0.39 is 34.5 Å². The van der Waals surface area contributed by atoms with Gasteiger partial charge < -0.3 is 15.6 Å². The van der Waals surface area contributed by atoms with Crippen LogP contribution in [0.4, 0.5) is 0 Å². The van der Waals surface area contributed by atoms with Crippen molar-refractivity contribution in [3.05, 3.63) is 12.4 Å². The predicted octanol–water partition coefficient (Wildman–Crippen LogP) is -2.16. The van der Waals surface area contributed by atoms with Crippen LogP contribution in [0.5, 0.6) is 0 Å². The van der Waals surface area contributed by atoms with Crippen molar-refractivity contribution in [3.63, 3.8) is 0 Å². The van der Waals surface area contributed by atoms with E-state index in [-0.39, 0.29) is 24.7 Å². The van der Waals surface area contributed by atoms with E-state index in [0.717, 1.165) is 21.4 Å². The third-order valence-corrected chi connectivity index (χ3v) is 4.78. The Balaban J connectivity index is 2.29. The summed E-state index contributed by atoms with van der Waals surface area (Å²) >= 11 is 0. The van der Waals surface area contributed by atoms with E-state index in [1.165, 1.54) is 0 Å². The minimum atomic E-state index is -3.99. The van der Waals surface area contributed by atoms with Gasteiger partial charge in [0.15, 0.2) is 0 Å². The Morgan fingerprint density at radius 3 is 2.86 bits per heavy atom. The second-order valence-electron chi connectivity index (χ2n) is 4.38. The molecule has 1 aliphatic rings. The van der Waals surface area contributed by atoms with Crippen molar-refractivity contribution in [2.24, 2.45) is 5.73 Å². The number of nitrogens with two attached hydrogens (primary N) is 1. The highest BCUT2D eigenvalue weighted by molar-refractivity contribution is 7.89.